The van der Waals surface area contributed by atoms with Gasteiger partial charge in [0.15, 0.2) is 0 Å². The second-order valence-electron chi connectivity index (χ2n) is 4.10. The first-order valence-electron chi connectivity index (χ1n) is 5.90. The Labute approximate surface area is 92.5 Å². The highest BCUT2D eigenvalue weighted by Crippen LogP contribution is 2.15. The SMILES string of the molecule is C=CCN(CCC)C(=O)C1CCNCC1. The van der Waals surface area contributed by atoms with E-state index in [0.29, 0.717) is 12.5 Å². The third-order valence-corrected chi connectivity index (χ3v) is 2.84. The molecule has 0 radical (unpaired) electrons. The van der Waals surface area contributed by atoms with Crippen molar-refractivity contribution in [2.75, 3.05) is 26.2 Å². The van der Waals surface area contributed by atoms with Crippen molar-refractivity contribution in [2.24, 2.45) is 5.92 Å². The van der Waals surface area contributed by atoms with E-state index >= 15 is 0 Å². The maximum Gasteiger partial charge on any atom is 0.226 e. The molecule has 1 fully saturated rings. The molecule has 1 saturated heterocycles. The molecule has 1 heterocycles. The summed E-state index contributed by atoms with van der Waals surface area (Å²) in [5.74, 6) is 0.552. The Bertz CT molecular complexity index is 210. The van der Waals surface area contributed by atoms with Crippen molar-refractivity contribution in [1.29, 1.82) is 0 Å². The molecule has 0 spiro atoms. The van der Waals surface area contributed by atoms with E-state index in [4.69, 9.17) is 0 Å². The fourth-order valence-electron chi connectivity index (χ4n) is 2.04. The van der Waals surface area contributed by atoms with Gasteiger partial charge in [-0.2, -0.15) is 0 Å². The summed E-state index contributed by atoms with van der Waals surface area (Å²) >= 11 is 0. The summed E-state index contributed by atoms with van der Waals surface area (Å²) < 4.78 is 0. The molecule has 86 valence electrons. The predicted molar refractivity (Wildman–Crippen MR) is 62.7 cm³/mol. The predicted octanol–water partition coefficient (Wildman–Crippen LogP) is 1.41. The Morgan fingerprint density at radius 3 is 2.73 bits per heavy atom. The van der Waals surface area contributed by atoms with Crippen LogP contribution in [0.25, 0.3) is 0 Å². The van der Waals surface area contributed by atoms with Crippen LogP contribution >= 0.6 is 0 Å². The van der Waals surface area contributed by atoms with Crippen molar-refractivity contribution >= 4 is 5.91 Å². The zero-order chi connectivity index (χ0) is 11.1. The number of hydrogen-bond donors (Lipinski definition) is 1. The molecule has 0 aromatic carbocycles. The van der Waals surface area contributed by atoms with Gasteiger partial charge in [0, 0.05) is 19.0 Å². The lowest BCUT2D eigenvalue weighted by atomic mass is 9.96. The van der Waals surface area contributed by atoms with Crippen LogP contribution in [-0.4, -0.2) is 37.0 Å². The van der Waals surface area contributed by atoms with Gasteiger partial charge in [-0.1, -0.05) is 13.0 Å². The first-order chi connectivity index (χ1) is 7.29. The quantitative estimate of drug-likeness (QED) is 0.696. The number of amides is 1. The van der Waals surface area contributed by atoms with Crippen molar-refractivity contribution in [3.63, 3.8) is 0 Å². The molecular formula is C12H22N2O. The van der Waals surface area contributed by atoms with E-state index in [1.165, 1.54) is 0 Å². The summed E-state index contributed by atoms with van der Waals surface area (Å²) in [4.78, 5) is 14.1. The fourth-order valence-corrected chi connectivity index (χ4v) is 2.04. The molecule has 1 aliphatic rings. The molecule has 3 heteroatoms. The molecule has 15 heavy (non-hydrogen) atoms. The minimum absolute atomic E-state index is 0.234. The Morgan fingerprint density at radius 1 is 1.53 bits per heavy atom. The zero-order valence-electron chi connectivity index (χ0n) is 9.67. The lowest BCUT2D eigenvalue weighted by Gasteiger charge is -2.28. The Balaban J connectivity index is 2.48. The maximum atomic E-state index is 12.1. The molecule has 0 aromatic heterocycles. The first-order valence-corrected chi connectivity index (χ1v) is 5.90. The van der Waals surface area contributed by atoms with Crippen LogP contribution in [0.5, 0.6) is 0 Å². The maximum absolute atomic E-state index is 12.1. The van der Waals surface area contributed by atoms with Crippen LogP contribution in [0.3, 0.4) is 0 Å². The largest absolute Gasteiger partial charge is 0.339 e. The summed E-state index contributed by atoms with van der Waals surface area (Å²) in [5, 5.41) is 3.28. The highest BCUT2D eigenvalue weighted by Gasteiger charge is 2.24. The van der Waals surface area contributed by atoms with Gasteiger partial charge in [-0.3, -0.25) is 4.79 Å². The van der Waals surface area contributed by atoms with Crippen molar-refractivity contribution < 1.29 is 4.79 Å². The Morgan fingerprint density at radius 2 is 2.20 bits per heavy atom. The molecule has 1 N–H and O–H groups in total. The third-order valence-electron chi connectivity index (χ3n) is 2.84. The highest BCUT2D eigenvalue weighted by atomic mass is 16.2. The minimum Gasteiger partial charge on any atom is -0.339 e. The van der Waals surface area contributed by atoms with E-state index in [2.05, 4.69) is 18.8 Å². The van der Waals surface area contributed by atoms with Crippen LogP contribution in [0.1, 0.15) is 26.2 Å². The third kappa shape index (κ3) is 3.67. The van der Waals surface area contributed by atoms with Crippen LogP contribution in [0.15, 0.2) is 12.7 Å². The Kier molecular flexibility index (Phi) is 5.40. The van der Waals surface area contributed by atoms with E-state index in [9.17, 15) is 4.79 Å². The zero-order valence-corrected chi connectivity index (χ0v) is 9.67. The number of nitrogens with one attached hydrogen (secondary N) is 1. The van der Waals surface area contributed by atoms with Gasteiger partial charge in [-0.25, -0.2) is 0 Å². The van der Waals surface area contributed by atoms with E-state index in [1.54, 1.807) is 0 Å². The van der Waals surface area contributed by atoms with Crippen molar-refractivity contribution in [3.8, 4) is 0 Å². The molecule has 1 amide bonds. The van der Waals surface area contributed by atoms with E-state index < -0.39 is 0 Å². The van der Waals surface area contributed by atoms with Gasteiger partial charge in [-0.05, 0) is 32.4 Å². The molecule has 1 rings (SSSR count). The molecule has 3 nitrogen and oxygen atoms in total. The van der Waals surface area contributed by atoms with Gasteiger partial charge >= 0.3 is 0 Å². The summed E-state index contributed by atoms with van der Waals surface area (Å²) in [7, 11) is 0. The van der Waals surface area contributed by atoms with E-state index in [0.717, 1.165) is 38.9 Å². The van der Waals surface area contributed by atoms with Gasteiger partial charge in [-0.15, -0.1) is 6.58 Å². The molecular weight excluding hydrogens is 188 g/mol. The molecule has 0 aromatic rings. The fraction of sp³-hybridized carbons (Fsp3) is 0.750. The summed E-state index contributed by atoms with van der Waals surface area (Å²) in [6, 6.07) is 0. The highest BCUT2D eigenvalue weighted by molar-refractivity contribution is 5.79. The average molecular weight is 210 g/mol. The van der Waals surface area contributed by atoms with Gasteiger partial charge in [0.25, 0.3) is 0 Å². The lowest BCUT2D eigenvalue weighted by Crippen LogP contribution is -2.41. The normalized spacial score (nSPS) is 17.4. The van der Waals surface area contributed by atoms with Gasteiger partial charge < -0.3 is 10.2 Å². The van der Waals surface area contributed by atoms with E-state index in [1.807, 2.05) is 11.0 Å². The van der Waals surface area contributed by atoms with Gasteiger partial charge in [0.2, 0.25) is 5.91 Å². The Hall–Kier alpha value is -0.830. The first kappa shape index (κ1) is 12.2. The number of rotatable bonds is 5. The van der Waals surface area contributed by atoms with Crippen LogP contribution < -0.4 is 5.32 Å². The van der Waals surface area contributed by atoms with Crippen LogP contribution in [0.4, 0.5) is 0 Å². The van der Waals surface area contributed by atoms with Crippen LogP contribution in [-0.2, 0) is 4.79 Å². The number of carbonyl (C=O) groups excluding carboxylic acids is 1. The molecule has 0 atom stereocenters. The second-order valence-corrected chi connectivity index (χ2v) is 4.10. The number of hydrogen-bond acceptors (Lipinski definition) is 2. The molecule has 0 saturated carbocycles. The molecule has 0 aliphatic carbocycles. The smallest absolute Gasteiger partial charge is 0.226 e. The standard InChI is InChI=1S/C12H22N2O/c1-3-9-14(10-4-2)12(15)11-5-7-13-8-6-11/h3,11,13H,1,4-10H2,2H3. The number of carbonyl (C=O) groups is 1. The number of nitrogens with zero attached hydrogens (tertiary/aromatic N) is 1. The minimum atomic E-state index is 0.234. The molecule has 1 aliphatic heterocycles. The van der Waals surface area contributed by atoms with E-state index in [-0.39, 0.29) is 5.92 Å². The molecule has 0 unspecified atom stereocenters. The lowest BCUT2D eigenvalue weighted by molar-refractivity contribution is -0.135. The summed E-state index contributed by atoms with van der Waals surface area (Å²) in [5.41, 5.74) is 0. The van der Waals surface area contributed by atoms with Gasteiger partial charge in [0.1, 0.15) is 0 Å². The number of piperidine rings is 1. The molecule has 0 bridgehead atoms. The summed E-state index contributed by atoms with van der Waals surface area (Å²) in [6.07, 6.45) is 4.80. The van der Waals surface area contributed by atoms with Crippen molar-refractivity contribution in [1.82, 2.24) is 10.2 Å². The monoisotopic (exact) mass is 210 g/mol. The van der Waals surface area contributed by atoms with Crippen LogP contribution in [0.2, 0.25) is 0 Å². The van der Waals surface area contributed by atoms with Crippen molar-refractivity contribution in [3.05, 3.63) is 12.7 Å². The van der Waals surface area contributed by atoms with Crippen LogP contribution in [0, 0.1) is 5.92 Å². The summed E-state index contributed by atoms with van der Waals surface area (Å²) in [6.45, 7) is 9.31. The topological polar surface area (TPSA) is 32.3 Å². The average Bonchev–Trinajstić information content (AvgIpc) is 2.29. The second kappa shape index (κ2) is 6.62. The van der Waals surface area contributed by atoms with Crippen molar-refractivity contribution in [2.45, 2.75) is 26.2 Å². The van der Waals surface area contributed by atoms with Gasteiger partial charge in [0.05, 0.1) is 0 Å².